The van der Waals surface area contributed by atoms with E-state index in [4.69, 9.17) is 5.14 Å². The van der Waals surface area contributed by atoms with E-state index in [-0.39, 0.29) is 16.5 Å². The van der Waals surface area contributed by atoms with Gasteiger partial charge in [-0.15, -0.1) is 0 Å². The van der Waals surface area contributed by atoms with Crippen LogP contribution in [0, 0.1) is 5.82 Å². The molecule has 0 spiro atoms. The zero-order valence-electron chi connectivity index (χ0n) is 11.2. The summed E-state index contributed by atoms with van der Waals surface area (Å²) >= 11 is 0. The van der Waals surface area contributed by atoms with Crippen molar-refractivity contribution in [3.63, 3.8) is 0 Å². The van der Waals surface area contributed by atoms with E-state index in [1.54, 1.807) is 4.90 Å². The monoisotopic (exact) mass is 300 g/mol. The lowest BCUT2D eigenvalue weighted by Crippen LogP contribution is -2.36. The van der Waals surface area contributed by atoms with Crippen LogP contribution in [0.1, 0.15) is 36.5 Å². The average molecular weight is 300 g/mol. The summed E-state index contributed by atoms with van der Waals surface area (Å²) < 4.78 is 36.4. The van der Waals surface area contributed by atoms with Crippen molar-refractivity contribution in [1.29, 1.82) is 0 Å². The van der Waals surface area contributed by atoms with Crippen LogP contribution in [0.2, 0.25) is 0 Å². The molecule has 1 amide bonds. The normalized spacial score (nSPS) is 19.4. The van der Waals surface area contributed by atoms with Gasteiger partial charge in [-0.3, -0.25) is 4.79 Å². The number of rotatable bonds is 3. The second-order valence-corrected chi connectivity index (χ2v) is 6.42. The summed E-state index contributed by atoms with van der Waals surface area (Å²) in [5, 5.41) is 5.09. The molecule has 5 nitrogen and oxygen atoms in total. The fourth-order valence-electron chi connectivity index (χ4n) is 2.60. The van der Waals surface area contributed by atoms with E-state index in [9.17, 15) is 17.6 Å². The molecule has 20 heavy (non-hydrogen) atoms. The van der Waals surface area contributed by atoms with Crippen molar-refractivity contribution < 1.29 is 17.6 Å². The standard InChI is InChI=1S/C13H17FN2O3S/c1-2-10-4-3-7-16(10)13(17)11-8-9(14)5-6-12(11)20(15,18)19/h5-6,8,10H,2-4,7H2,1H3,(H2,15,18,19). The lowest BCUT2D eigenvalue weighted by molar-refractivity contribution is 0.0729. The van der Waals surface area contributed by atoms with Crippen molar-refractivity contribution in [2.75, 3.05) is 6.54 Å². The Morgan fingerprint density at radius 3 is 2.80 bits per heavy atom. The van der Waals surface area contributed by atoms with Gasteiger partial charge in [0.25, 0.3) is 5.91 Å². The fourth-order valence-corrected chi connectivity index (χ4v) is 3.31. The minimum absolute atomic E-state index is 0.0686. The molecule has 1 aromatic rings. The molecule has 110 valence electrons. The number of nitrogens with two attached hydrogens (primary N) is 1. The molecule has 0 aliphatic carbocycles. The Labute approximate surface area is 117 Å². The molecule has 1 atom stereocenters. The van der Waals surface area contributed by atoms with Crippen molar-refractivity contribution in [1.82, 2.24) is 4.90 Å². The maximum atomic E-state index is 13.4. The first-order valence-corrected chi connectivity index (χ1v) is 8.02. The highest BCUT2D eigenvalue weighted by Crippen LogP contribution is 2.25. The number of hydrogen-bond donors (Lipinski definition) is 1. The first kappa shape index (κ1) is 14.9. The molecule has 2 N–H and O–H groups in total. The van der Waals surface area contributed by atoms with E-state index < -0.39 is 21.7 Å². The van der Waals surface area contributed by atoms with Gasteiger partial charge in [0.1, 0.15) is 5.82 Å². The summed E-state index contributed by atoms with van der Waals surface area (Å²) in [6, 6.07) is 3.03. The van der Waals surface area contributed by atoms with Gasteiger partial charge in [0.15, 0.2) is 0 Å². The zero-order valence-corrected chi connectivity index (χ0v) is 12.0. The third-order valence-electron chi connectivity index (χ3n) is 3.59. The van der Waals surface area contributed by atoms with Crippen LogP contribution in [0.4, 0.5) is 4.39 Å². The Bertz CT molecular complexity index is 631. The number of hydrogen-bond acceptors (Lipinski definition) is 3. The zero-order chi connectivity index (χ0) is 14.9. The minimum Gasteiger partial charge on any atom is -0.336 e. The van der Waals surface area contributed by atoms with E-state index >= 15 is 0 Å². The molecule has 1 aliphatic heterocycles. The molecule has 0 radical (unpaired) electrons. The molecule has 1 heterocycles. The number of likely N-dealkylation sites (tertiary alicyclic amines) is 1. The highest BCUT2D eigenvalue weighted by molar-refractivity contribution is 7.89. The summed E-state index contributed by atoms with van der Waals surface area (Å²) in [6.07, 6.45) is 2.53. The van der Waals surface area contributed by atoms with Crippen LogP contribution in [0.25, 0.3) is 0 Å². The van der Waals surface area contributed by atoms with Gasteiger partial charge < -0.3 is 4.90 Å². The largest absolute Gasteiger partial charge is 0.336 e. The van der Waals surface area contributed by atoms with Crippen LogP contribution in [0.15, 0.2) is 23.1 Å². The Kier molecular flexibility index (Phi) is 4.10. The van der Waals surface area contributed by atoms with Crippen LogP contribution in [-0.2, 0) is 10.0 Å². The number of benzene rings is 1. The highest BCUT2D eigenvalue weighted by Gasteiger charge is 2.31. The Morgan fingerprint density at radius 2 is 2.20 bits per heavy atom. The molecule has 1 aromatic carbocycles. The Hall–Kier alpha value is -1.47. The van der Waals surface area contributed by atoms with E-state index in [1.807, 2.05) is 6.92 Å². The fraction of sp³-hybridized carbons (Fsp3) is 0.462. The van der Waals surface area contributed by atoms with Gasteiger partial charge in [0.2, 0.25) is 10.0 Å². The van der Waals surface area contributed by atoms with E-state index in [2.05, 4.69) is 0 Å². The highest BCUT2D eigenvalue weighted by atomic mass is 32.2. The van der Waals surface area contributed by atoms with Gasteiger partial charge >= 0.3 is 0 Å². The van der Waals surface area contributed by atoms with Crippen molar-refractivity contribution in [2.24, 2.45) is 5.14 Å². The average Bonchev–Trinajstić information content (AvgIpc) is 2.84. The smallest absolute Gasteiger partial charge is 0.255 e. The van der Waals surface area contributed by atoms with Crippen molar-refractivity contribution in [2.45, 2.75) is 37.1 Å². The van der Waals surface area contributed by atoms with E-state index in [1.165, 1.54) is 0 Å². The first-order valence-electron chi connectivity index (χ1n) is 6.48. The molecule has 0 bridgehead atoms. The molecule has 1 unspecified atom stereocenters. The number of halogens is 1. The van der Waals surface area contributed by atoms with Crippen molar-refractivity contribution in [3.8, 4) is 0 Å². The van der Waals surface area contributed by atoms with Crippen LogP contribution >= 0.6 is 0 Å². The number of amides is 1. The molecule has 1 saturated heterocycles. The molecule has 0 saturated carbocycles. The lowest BCUT2D eigenvalue weighted by atomic mass is 10.1. The topological polar surface area (TPSA) is 80.5 Å². The molecule has 1 fully saturated rings. The Balaban J connectivity index is 2.46. The summed E-state index contributed by atoms with van der Waals surface area (Å²) in [4.78, 5) is 13.7. The maximum absolute atomic E-state index is 13.4. The molecule has 7 heteroatoms. The number of carbonyl (C=O) groups excluding carboxylic acids is 1. The second kappa shape index (κ2) is 5.49. The summed E-state index contributed by atoms with van der Waals surface area (Å²) in [5.41, 5.74) is -0.187. The molecular weight excluding hydrogens is 283 g/mol. The third-order valence-corrected chi connectivity index (χ3v) is 4.56. The SMILES string of the molecule is CCC1CCCN1C(=O)c1cc(F)ccc1S(N)(=O)=O. The van der Waals surface area contributed by atoms with Crippen LogP contribution in [0.3, 0.4) is 0 Å². The number of carbonyl (C=O) groups is 1. The molecule has 1 aliphatic rings. The second-order valence-electron chi connectivity index (χ2n) is 4.89. The molecule has 2 rings (SSSR count). The van der Waals surface area contributed by atoms with Crippen LogP contribution < -0.4 is 5.14 Å². The van der Waals surface area contributed by atoms with Gasteiger partial charge in [0, 0.05) is 12.6 Å². The first-order chi connectivity index (χ1) is 9.34. The van der Waals surface area contributed by atoms with Crippen molar-refractivity contribution >= 4 is 15.9 Å². The van der Waals surface area contributed by atoms with Gasteiger partial charge in [0.05, 0.1) is 10.5 Å². The summed E-state index contributed by atoms with van der Waals surface area (Å²) in [7, 11) is -4.06. The predicted molar refractivity (Wildman–Crippen MR) is 72.1 cm³/mol. The minimum atomic E-state index is -4.06. The molecular formula is C13H17FN2O3S. The van der Waals surface area contributed by atoms with Gasteiger partial charge in [-0.25, -0.2) is 17.9 Å². The van der Waals surface area contributed by atoms with E-state index in [0.29, 0.717) is 6.54 Å². The maximum Gasteiger partial charge on any atom is 0.255 e. The van der Waals surface area contributed by atoms with Gasteiger partial charge in [-0.2, -0.15) is 0 Å². The van der Waals surface area contributed by atoms with Crippen molar-refractivity contribution in [3.05, 3.63) is 29.6 Å². The van der Waals surface area contributed by atoms with Crippen LogP contribution in [0.5, 0.6) is 0 Å². The number of nitrogens with zero attached hydrogens (tertiary/aromatic N) is 1. The third kappa shape index (κ3) is 2.83. The predicted octanol–water partition coefficient (Wildman–Crippen LogP) is 1.49. The van der Waals surface area contributed by atoms with E-state index in [0.717, 1.165) is 37.5 Å². The number of sulfonamides is 1. The summed E-state index contributed by atoms with van der Waals surface area (Å²) in [5.74, 6) is -1.13. The quantitative estimate of drug-likeness (QED) is 0.918. The van der Waals surface area contributed by atoms with Gasteiger partial charge in [-0.05, 0) is 37.5 Å². The summed E-state index contributed by atoms with van der Waals surface area (Å²) in [6.45, 7) is 2.51. The Morgan fingerprint density at radius 1 is 1.50 bits per heavy atom. The molecule has 0 aromatic heterocycles. The number of primary sulfonamides is 1. The lowest BCUT2D eigenvalue weighted by Gasteiger charge is -2.24. The van der Waals surface area contributed by atoms with Crippen LogP contribution in [-0.4, -0.2) is 31.8 Å². The van der Waals surface area contributed by atoms with Gasteiger partial charge in [-0.1, -0.05) is 6.92 Å².